The van der Waals surface area contributed by atoms with E-state index in [-0.39, 0.29) is 0 Å². The number of rotatable bonds is 4. The number of aryl methyl sites for hydroxylation is 1. The number of hydrogen-bond acceptors (Lipinski definition) is 3. The molecule has 0 heterocycles. The molecule has 3 heteroatoms. The molecule has 0 saturated heterocycles. The van der Waals surface area contributed by atoms with Gasteiger partial charge >= 0.3 is 5.97 Å². The lowest BCUT2D eigenvalue weighted by Crippen LogP contribution is -1.99. The van der Waals surface area contributed by atoms with Crippen LogP contribution in [0.2, 0.25) is 0 Å². The van der Waals surface area contributed by atoms with Crippen LogP contribution >= 0.6 is 0 Å². The molecule has 1 aromatic rings. The summed E-state index contributed by atoms with van der Waals surface area (Å²) < 4.78 is 4.75. The minimum absolute atomic E-state index is 0.345. The van der Waals surface area contributed by atoms with Crippen molar-refractivity contribution in [2.24, 2.45) is 0 Å². The molecule has 0 aliphatic heterocycles. The van der Waals surface area contributed by atoms with Gasteiger partial charge in [0, 0.05) is 11.6 Å². The van der Waals surface area contributed by atoms with E-state index in [4.69, 9.17) is 4.74 Å². The van der Waals surface area contributed by atoms with E-state index in [0.29, 0.717) is 17.7 Å². The van der Waals surface area contributed by atoms with Crippen molar-refractivity contribution < 1.29 is 14.3 Å². The van der Waals surface area contributed by atoms with Gasteiger partial charge in [0.25, 0.3) is 0 Å². The molecule has 0 radical (unpaired) electrons. The fourth-order valence-electron chi connectivity index (χ4n) is 1.30. The maximum atomic E-state index is 11.1. The Hall–Kier alpha value is -1.90. The lowest BCUT2D eigenvalue weighted by atomic mass is 10.1. The molecule has 0 bridgehead atoms. The van der Waals surface area contributed by atoms with Gasteiger partial charge in [0.1, 0.15) is 0 Å². The minimum atomic E-state index is -0.403. The van der Waals surface area contributed by atoms with Gasteiger partial charge in [0.15, 0.2) is 6.29 Å². The number of carbonyl (C=O) groups excluding carboxylic acids is 2. The summed E-state index contributed by atoms with van der Waals surface area (Å²) >= 11 is 0. The van der Waals surface area contributed by atoms with Crippen LogP contribution in [0.3, 0.4) is 0 Å². The van der Waals surface area contributed by atoms with Crippen molar-refractivity contribution in [1.82, 2.24) is 0 Å². The number of hydrogen-bond donors (Lipinski definition) is 0. The van der Waals surface area contributed by atoms with Crippen molar-refractivity contribution in [3.8, 4) is 0 Å². The third-order valence-electron chi connectivity index (χ3n) is 2.05. The van der Waals surface area contributed by atoms with Crippen LogP contribution in [-0.4, -0.2) is 18.9 Å². The van der Waals surface area contributed by atoms with Crippen molar-refractivity contribution in [3.63, 3.8) is 0 Å². The van der Waals surface area contributed by atoms with Gasteiger partial charge in [-0.15, -0.1) is 0 Å². The van der Waals surface area contributed by atoms with Crippen molar-refractivity contribution >= 4 is 18.3 Å². The average molecular weight is 218 g/mol. The van der Waals surface area contributed by atoms with Gasteiger partial charge in [-0.25, -0.2) is 4.79 Å². The minimum Gasteiger partial charge on any atom is -0.463 e. The van der Waals surface area contributed by atoms with Crippen LogP contribution in [0.1, 0.15) is 28.4 Å². The SMILES string of the molecule is CCOC(=O)C=Cc1ccc(C)cc1C=O. The molecule has 0 unspecified atom stereocenters. The van der Waals surface area contributed by atoms with Crippen molar-refractivity contribution in [3.05, 3.63) is 41.0 Å². The molecule has 0 amide bonds. The molecule has 0 spiro atoms. The Morgan fingerprint density at radius 1 is 1.38 bits per heavy atom. The van der Waals surface area contributed by atoms with Gasteiger partial charge in [-0.3, -0.25) is 4.79 Å². The van der Waals surface area contributed by atoms with Gasteiger partial charge in [0.2, 0.25) is 0 Å². The third-order valence-corrected chi connectivity index (χ3v) is 2.05. The van der Waals surface area contributed by atoms with E-state index in [0.717, 1.165) is 11.8 Å². The Balaban J connectivity index is 2.88. The van der Waals surface area contributed by atoms with Crippen LogP contribution < -0.4 is 0 Å². The predicted molar refractivity (Wildman–Crippen MR) is 62.2 cm³/mol. The Morgan fingerprint density at radius 3 is 2.75 bits per heavy atom. The summed E-state index contributed by atoms with van der Waals surface area (Å²) in [6, 6.07) is 5.46. The summed E-state index contributed by atoms with van der Waals surface area (Å²) in [7, 11) is 0. The molecule has 0 aromatic heterocycles. The first-order valence-corrected chi connectivity index (χ1v) is 5.08. The highest BCUT2D eigenvalue weighted by Crippen LogP contribution is 2.11. The molecule has 0 atom stereocenters. The van der Waals surface area contributed by atoms with Crippen LogP contribution in [0, 0.1) is 6.92 Å². The maximum Gasteiger partial charge on any atom is 0.330 e. The zero-order valence-corrected chi connectivity index (χ0v) is 9.40. The Morgan fingerprint density at radius 2 is 2.12 bits per heavy atom. The highest BCUT2D eigenvalue weighted by molar-refractivity contribution is 5.90. The van der Waals surface area contributed by atoms with E-state index >= 15 is 0 Å². The largest absolute Gasteiger partial charge is 0.463 e. The standard InChI is InChI=1S/C13H14O3/c1-3-16-13(15)7-6-11-5-4-10(2)8-12(11)9-14/h4-9H,3H2,1-2H3. The molecule has 0 aliphatic carbocycles. The second-order valence-corrected chi connectivity index (χ2v) is 3.34. The molecule has 1 aromatic carbocycles. The van der Waals surface area contributed by atoms with Gasteiger partial charge in [0.05, 0.1) is 6.61 Å². The van der Waals surface area contributed by atoms with E-state index < -0.39 is 5.97 Å². The Bertz CT molecular complexity index is 419. The normalized spacial score (nSPS) is 10.4. The first kappa shape index (κ1) is 12.2. The molecule has 0 N–H and O–H groups in total. The number of carbonyl (C=O) groups is 2. The molecule has 1 rings (SSSR count). The number of esters is 1. The van der Waals surface area contributed by atoms with Crippen molar-refractivity contribution in [1.29, 1.82) is 0 Å². The van der Waals surface area contributed by atoms with E-state index in [1.807, 2.05) is 13.0 Å². The van der Waals surface area contributed by atoms with Gasteiger partial charge in [-0.2, -0.15) is 0 Å². The predicted octanol–water partition coefficient (Wildman–Crippen LogP) is 2.38. The maximum absolute atomic E-state index is 11.1. The second kappa shape index (κ2) is 5.85. The highest BCUT2D eigenvalue weighted by Gasteiger charge is 2.00. The zero-order valence-electron chi connectivity index (χ0n) is 9.40. The molecular weight excluding hydrogens is 204 g/mol. The number of benzene rings is 1. The number of ether oxygens (including phenoxy) is 1. The fourth-order valence-corrected chi connectivity index (χ4v) is 1.30. The monoisotopic (exact) mass is 218 g/mol. The molecule has 0 aliphatic rings. The topological polar surface area (TPSA) is 43.4 Å². The first-order chi connectivity index (χ1) is 7.67. The molecule has 3 nitrogen and oxygen atoms in total. The molecular formula is C13H14O3. The lowest BCUT2D eigenvalue weighted by Gasteiger charge is -2.00. The van der Waals surface area contributed by atoms with Crippen molar-refractivity contribution in [2.45, 2.75) is 13.8 Å². The quantitative estimate of drug-likeness (QED) is 0.442. The van der Waals surface area contributed by atoms with Gasteiger partial charge < -0.3 is 4.74 Å². The average Bonchev–Trinajstić information content (AvgIpc) is 2.27. The van der Waals surface area contributed by atoms with Crippen LogP contribution in [0.15, 0.2) is 24.3 Å². The Kier molecular flexibility index (Phi) is 4.45. The van der Waals surface area contributed by atoms with Crippen molar-refractivity contribution in [2.75, 3.05) is 6.61 Å². The number of aldehydes is 1. The first-order valence-electron chi connectivity index (χ1n) is 5.08. The highest BCUT2D eigenvalue weighted by atomic mass is 16.5. The van der Waals surface area contributed by atoms with E-state index in [2.05, 4.69) is 0 Å². The zero-order chi connectivity index (χ0) is 12.0. The lowest BCUT2D eigenvalue weighted by molar-refractivity contribution is -0.137. The smallest absolute Gasteiger partial charge is 0.330 e. The molecule has 84 valence electrons. The summed E-state index contributed by atoms with van der Waals surface area (Å²) in [6.07, 6.45) is 3.68. The molecule has 0 fully saturated rings. The van der Waals surface area contributed by atoms with Gasteiger partial charge in [-0.05, 0) is 31.6 Å². The van der Waals surface area contributed by atoms with Crippen LogP contribution in [-0.2, 0) is 9.53 Å². The van der Waals surface area contributed by atoms with Crippen LogP contribution in [0.5, 0.6) is 0 Å². The van der Waals surface area contributed by atoms with Crippen LogP contribution in [0.25, 0.3) is 6.08 Å². The third kappa shape index (κ3) is 3.35. The Labute approximate surface area is 94.7 Å². The molecule has 0 saturated carbocycles. The van der Waals surface area contributed by atoms with E-state index in [1.165, 1.54) is 6.08 Å². The summed E-state index contributed by atoms with van der Waals surface area (Å²) in [5.41, 5.74) is 2.30. The van der Waals surface area contributed by atoms with Crippen LogP contribution in [0.4, 0.5) is 0 Å². The summed E-state index contributed by atoms with van der Waals surface area (Å²) in [5, 5.41) is 0. The summed E-state index contributed by atoms with van der Waals surface area (Å²) in [5.74, 6) is -0.403. The van der Waals surface area contributed by atoms with E-state index in [1.54, 1.807) is 25.1 Å². The summed E-state index contributed by atoms with van der Waals surface area (Å²) in [4.78, 5) is 21.9. The summed E-state index contributed by atoms with van der Waals surface area (Å²) in [6.45, 7) is 4.00. The molecule has 16 heavy (non-hydrogen) atoms. The fraction of sp³-hybridized carbons (Fsp3) is 0.231. The second-order valence-electron chi connectivity index (χ2n) is 3.34. The van der Waals surface area contributed by atoms with E-state index in [9.17, 15) is 9.59 Å². The van der Waals surface area contributed by atoms with Gasteiger partial charge in [-0.1, -0.05) is 17.7 Å².